The zero-order valence-corrected chi connectivity index (χ0v) is 21.6. The van der Waals surface area contributed by atoms with Crippen LogP contribution in [0, 0.1) is 5.92 Å². The molecule has 0 saturated carbocycles. The highest BCUT2D eigenvalue weighted by Crippen LogP contribution is 2.47. The molecule has 2 N–H and O–H groups in total. The number of fused-ring (bicyclic) bond motifs is 1. The highest BCUT2D eigenvalue weighted by molar-refractivity contribution is 5.95. The highest BCUT2D eigenvalue weighted by Gasteiger charge is 2.30. The summed E-state index contributed by atoms with van der Waals surface area (Å²) >= 11 is 0. The summed E-state index contributed by atoms with van der Waals surface area (Å²) in [5.74, 6) is 1.95. The predicted molar refractivity (Wildman–Crippen MR) is 147 cm³/mol. The minimum atomic E-state index is -0.326. The first kappa shape index (κ1) is 24.3. The molecule has 2 aliphatic heterocycles. The molecular formula is C31H36N2O3. The van der Waals surface area contributed by atoms with Crippen molar-refractivity contribution in [3.8, 4) is 17.2 Å². The summed E-state index contributed by atoms with van der Waals surface area (Å²) in [6.07, 6.45) is 0.967. The number of anilines is 1. The Kier molecular flexibility index (Phi) is 6.67. The van der Waals surface area contributed by atoms with Crippen molar-refractivity contribution in [1.82, 2.24) is 4.90 Å². The van der Waals surface area contributed by atoms with Gasteiger partial charge in [-0.25, -0.2) is 0 Å². The van der Waals surface area contributed by atoms with Gasteiger partial charge >= 0.3 is 0 Å². The van der Waals surface area contributed by atoms with E-state index in [1.54, 1.807) is 24.3 Å². The number of phenols is 2. The number of rotatable bonds is 6. The average molecular weight is 485 g/mol. The normalized spacial score (nSPS) is 20.7. The van der Waals surface area contributed by atoms with Crippen LogP contribution in [0.5, 0.6) is 17.2 Å². The second kappa shape index (κ2) is 9.90. The van der Waals surface area contributed by atoms with Crippen molar-refractivity contribution in [2.45, 2.75) is 39.3 Å². The maximum atomic E-state index is 10.2. The van der Waals surface area contributed by atoms with Gasteiger partial charge in [-0.1, -0.05) is 31.2 Å². The van der Waals surface area contributed by atoms with Gasteiger partial charge in [0, 0.05) is 43.0 Å². The zero-order valence-electron chi connectivity index (χ0n) is 21.6. The third-order valence-corrected chi connectivity index (χ3v) is 7.69. The first-order valence-corrected chi connectivity index (χ1v) is 12.9. The Bertz CT molecular complexity index is 1270. The van der Waals surface area contributed by atoms with Crippen LogP contribution < -0.4 is 9.64 Å². The van der Waals surface area contributed by atoms with E-state index in [1.807, 2.05) is 18.2 Å². The van der Waals surface area contributed by atoms with Crippen molar-refractivity contribution < 1.29 is 14.9 Å². The van der Waals surface area contributed by atoms with Crippen LogP contribution in [-0.4, -0.2) is 47.8 Å². The van der Waals surface area contributed by atoms with Crippen molar-refractivity contribution in [1.29, 1.82) is 0 Å². The maximum absolute atomic E-state index is 10.2. The van der Waals surface area contributed by atoms with Crippen LogP contribution in [0.3, 0.4) is 0 Å². The Morgan fingerprint density at radius 2 is 1.78 bits per heavy atom. The highest BCUT2D eigenvalue weighted by atomic mass is 16.5. The SMILES string of the molecule is CC1=C(c2cccc(O)c2)C(c2ccc(N(C)C[C@H](C)N3CC[C@@H](C)C3)cc2)Oc2ccc(O)cc21. The van der Waals surface area contributed by atoms with Gasteiger partial charge in [-0.05, 0) is 91.9 Å². The molecule has 2 heterocycles. The Morgan fingerprint density at radius 3 is 2.47 bits per heavy atom. The van der Waals surface area contributed by atoms with E-state index in [1.165, 1.54) is 25.2 Å². The monoisotopic (exact) mass is 484 g/mol. The molecule has 0 amide bonds. The number of hydrogen-bond donors (Lipinski definition) is 2. The lowest BCUT2D eigenvalue weighted by atomic mass is 9.86. The number of aromatic hydroxyl groups is 2. The molecule has 3 aromatic carbocycles. The van der Waals surface area contributed by atoms with Gasteiger partial charge in [0.2, 0.25) is 0 Å². The number of phenolic OH excluding ortho intramolecular Hbond substituents is 2. The van der Waals surface area contributed by atoms with Crippen LogP contribution in [0.25, 0.3) is 11.1 Å². The fourth-order valence-corrected chi connectivity index (χ4v) is 5.61. The molecule has 0 spiro atoms. The summed E-state index contributed by atoms with van der Waals surface area (Å²) in [6.45, 7) is 10.1. The second-order valence-electron chi connectivity index (χ2n) is 10.5. The maximum Gasteiger partial charge on any atom is 0.150 e. The smallest absolute Gasteiger partial charge is 0.150 e. The Labute approximate surface area is 214 Å². The zero-order chi connectivity index (χ0) is 25.4. The number of likely N-dealkylation sites (N-methyl/N-ethyl adjacent to an activating group) is 1. The van der Waals surface area contributed by atoms with Gasteiger partial charge in [0.15, 0.2) is 0 Å². The van der Waals surface area contributed by atoms with E-state index in [-0.39, 0.29) is 17.6 Å². The van der Waals surface area contributed by atoms with E-state index >= 15 is 0 Å². The van der Waals surface area contributed by atoms with Crippen molar-refractivity contribution >= 4 is 16.8 Å². The molecule has 5 heteroatoms. The molecule has 1 saturated heterocycles. The molecule has 5 rings (SSSR count). The average Bonchev–Trinajstić information content (AvgIpc) is 3.31. The first-order valence-electron chi connectivity index (χ1n) is 12.9. The third-order valence-electron chi connectivity index (χ3n) is 7.69. The number of allylic oxidation sites excluding steroid dienone is 1. The molecule has 3 aromatic rings. The minimum Gasteiger partial charge on any atom is -0.508 e. The van der Waals surface area contributed by atoms with Crippen LogP contribution in [0.15, 0.2) is 66.7 Å². The van der Waals surface area contributed by atoms with Crippen molar-refractivity contribution in [3.63, 3.8) is 0 Å². The largest absolute Gasteiger partial charge is 0.508 e. The van der Waals surface area contributed by atoms with E-state index in [2.05, 4.69) is 61.9 Å². The number of likely N-dealkylation sites (tertiary alicyclic amines) is 1. The van der Waals surface area contributed by atoms with Crippen LogP contribution in [0.4, 0.5) is 5.69 Å². The van der Waals surface area contributed by atoms with E-state index in [4.69, 9.17) is 4.74 Å². The van der Waals surface area contributed by atoms with Crippen molar-refractivity contribution in [2.24, 2.45) is 5.92 Å². The van der Waals surface area contributed by atoms with Gasteiger partial charge in [0.05, 0.1) is 0 Å². The quantitative estimate of drug-likeness (QED) is 0.428. The first-order chi connectivity index (χ1) is 17.3. The number of nitrogens with zero attached hydrogens (tertiary/aromatic N) is 2. The molecule has 1 fully saturated rings. The minimum absolute atomic E-state index is 0.204. The molecule has 2 aliphatic rings. The van der Waals surface area contributed by atoms with E-state index in [0.717, 1.165) is 46.0 Å². The number of ether oxygens (including phenoxy) is 1. The summed E-state index contributed by atoms with van der Waals surface area (Å²) in [5.41, 5.74) is 6.01. The van der Waals surface area contributed by atoms with Crippen LogP contribution in [-0.2, 0) is 0 Å². The van der Waals surface area contributed by atoms with Crippen LogP contribution in [0.2, 0.25) is 0 Å². The van der Waals surface area contributed by atoms with Crippen LogP contribution >= 0.6 is 0 Å². The molecule has 5 nitrogen and oxygen atoms in total. The summed E-state index contributed by atoms with van der Waals surface area (Å²) in [7, 11) is 2.16. The van der Waals surface area contributed by atoms with Gasteiger partial charge < -0.3 is 19.8 Å². The van der Waals surface area contributed by atoms with E-state index in [9.17, 15) is 10.2 Å². The van der Waals surface area contributed by atoms with Crippen molar-refractivity contribution in [2.75, 3.05) is 31.6 Å². The topological polar surface area (TPSA) is 56.2 Å². The third kappa shape index (κ3) is 4.80. The summed E-state index contributed by atoms with van der Waals surface area (Å²) in [4.78, 5) is 4.92. The Morgan fingerprint density at radius 1 is 1.03 bits per heavy atom. The van der Waals surface area contributed by atoms with Gasteiger partial charge in [-0.15, -0.1) is 0 Å². The van der Waals surface area contributed by atoms with Gasteiger partial charge in [0.1, 0.15) is 23.4 Å². The van der Waals surface area contributed by atoms with Gasteiger partial charge in [-0.3, -0.25) is 4.90 Å². The second-order valence-corrected chi connectivity index (χ2v) is 10.5. The Balaban J connectivity index is 1.43. The van der Waals surface area contributed by atoms with Crippen LogP contribution in [0.1, 0.15) is 50.0 Å². The summed E-state index contributed by atoms with van der Waals surface area (Å²) in [5, 5.41) is 20.3. The fourth-order valence-electron chi connectivity index (χ4n) is 5.61. The molecule has 0 bridgehead atoms. The lowest BCUT2D eigenvalue weighted by Gasteiger charge is -2.32. The summed E-state index contributed by atoms with van der Waals surface area (Å²) < 4.78 is 6.52. The molecule has 36 heavy (non-hydrogen) atoms. The molecule has 0 aliphatic carbocycles. The summed E-state index contributed by atoms with van der Waals surface area (Å²) in [6, 6.07) is 21.6. The number of hydrogen-bond acceptors (Lipinski definition) is 5. The molecule has 0 aromatic heterocycles. The predicted octanol–water partition coefficient (Wildman–Crippen LogP) is 6.33. The molecule has 1 unspecified atom stereocenters. The molecule has 3 atom stereocenters. The number of benzene rings is 3. The standard InChI is InChI=1S/C31H36N2O3/c1-20-14-15-33(18-20)21(2)19-32(4)25-10-8-23(9-11-25)31-30(24-6-5-7-26(34)16-24)22(3)28-17-27(35)12-13-29(28)36-31/h5-13,16-17,20-21,31,34-35H,14-15,18-19H2,1-4H3/t20-,21+,31?/m1/s1. The van der Waals surface area contributed by atoms with Crippen molar-refractivity contribution in [3.05, 3.63) is 83.4 Å². The lowest BCUT2D eigenvalue weighted by molar-refractivity contribution is 0.254. The van der Waals surface area contributed by atoms with E-state index in [0.29, 0.717) is 6.04 Å². The molecular weight excluding hydrogens is 448 g/mol. The fraction of sp³-hybridized carbons (Fsp3) is 0.355. The van der Waals surface area contributed by atoms with E-state index < -0.39 is 0 Å². The van der Waals surface area contributed by atoms with Gasteiger partial charge in [0.25, 0.3) is 0 Å². The lowest BCUT2D eigenvalue weighted by Crippen LogP contribution is -2.39. The Hall–Kier alpha value is -3.44. The molecule has 188 valence electrons. The molecule has 0 radical (unpaired) electrons. The van der Waals surface area contributed by atoms with Gasteiger partial charge in [-0.2, -0.15) is 0 Å².